The second kappa shape index (κ2) is 4.27. The van der Waals surface area contributed by atoms with Crippen LogP contribution in [0.4, 0.5) is 11.4 Å². The molecule has 0 heterocycles. The van der Waals surface area contributed by atoms with Crippen molar-refractivity contribution in [2.75, 3.05) is 18.1 Å². The van der Waals surface area contributed by atoms with Crippen molar-refractivity contribution in [1.29, 1.82) is 0 Å². The summed E-state index contributed by atoms with van der Waals surface area (Å²) in [7, 11) is -2.55. The Hall–Kier alpha value is -1.73. The quantitative estimate of drug-likeness (QED) is 0.627. The second-order valence-corrected chi connectivity index (χ2v) is 6.99. The molecule has 3 nitrogen and oxygen atoms in total. The van der Waals surface area contributed by atoms with Gasteiger partial charge >= 0.3 is 0 Å². The van der Waals surface area contributed by atoms with Crippen molar-refractivity contribution in [3.8, 4) is 0 Å². The van der Waals surface area contributed by atoms with Crippen LogP contribution >= 0.6 is 7.14 Å². The van der Waals surface area contributed by atoms with E-state index < -0.39 is 7.14 Å². The minimum absolute atomic E-state index is 0.672. The lowest BCUT2D eigenvalue weighted by atomic mass is 10.3. The van der Waals surface area contributed by atoms with E-state index in [4.69, 9.17) is 11.5 Å². The van der Waals surface area contributed by atoms with Gasteiger partial charge in [-0.05, 0) is 55.2 Å². The van der Waals surface area contributed by atoms with Crippen molar-refractivity contribution >= 4 is 29.1 Å². The topological polar surface area (TPSA) is 69.1 Å². The summed E-state index contributed by atoms with van der Waals surface area (Å²) in [5.41, 5.74) is 12.6. The summed E-state index contributed by atoms with van der Waals surface area (Å²) in [6.45, 7) is 1.75. The van der Waals surface area contributed by atoms with E-state index in [0.29, 0.717) is 11.4 Å². The summed E-state index contributed by atoms with van der Waals surface area (Å²) in [5.74, 6) is 0. The normalized spacial score (nSPS) is 11.4. The van der Waals surface area contributed by atoms with Crippen LogP contribution in [0.25, 0.3) is 0 Å². The third-order valence-corrected chi connectivity index (χ3v) is 5.34. The average molecular weight is 246 g/mol. The first-order valence-corrected chi connectivity index (χ1v) is 7.45. The Kier molecular flexibility index (Phi) is 2.95. The van der Waals surface area contributed by atoms with E-state index in [9.17, 15) is 4.57 Å². The standard InChI is InChI=1S/C13H15N2OP/c1-17(16,12-6-2-10(14)3-7-12)13-8-4-11(15)5-9-13/h2-9H,14-15H2,1H3. The molecule has 0 amide bonds. The smallest absolute Gasteiger partial charge is 0.140 e. The molecule has 0 aliphatic heterocycles. The van der Waals surface area contributed by atoms with Gasteiger partial charge in [0.25, 0.3) is 0 Å². The first kappa shape index (κ1) is 11.7. The van der Waals surface area contributed by atoms with Crippen LogP contribution in [0.5, 0.6) is 0 Å². The van der Waals surface area contributed by atoms with Gasteiger partial charge in [0.15, 0.2) is 0 Å². The minimum Gasteiger partial charge on any atom is -0.399 e. The Morgan fingerprint density at radius 3 is 1.35 bits per heavy atom. The molecule has 0 aromatic heterocycles. The summed E-state index contributed by atoms with van der Waals surface area (Å²) in [6.07, 6.45) is 0. The minimum atomic E-state index is -2.55. The van der Waals surface area contributed by atoms with E-state index >= 15 is 0 Å². The molecule has 0 spiro atoms. The Bertz CT molecular complexity index is 511. The second-order valence-electron chi connectivity index (χ2n) is 4.11. The maximum atomic E-state index is 12.8. The van der Waals surface area contributed by atoms with Gasteiger partial charge in [-0.1, -0.05) is 0 Å². The predicted molar refractivity (Wildman–Crippen MR) is 74.5 cm³/mol. The molecule has 88 valence electrons. The average Bonchev–Trinajstić information content (AvgIpc) is 2.30. The first-order chi connectivity index (χ1) is 8.00. The molecule has 4 N–H and O–H groups in total. The van der Waals surface area contributed by atoms with E-state index in [1.54, 1.807) is 30.9 Å². The zero-order chi connectivity index (χ0) is 12.5. The van der Waals surface area contributed by atoms with Gasteiger partial charge in [-0.15, -0.1) is 0 Å². The van der Waals surface area contributed by atoms with Gasteiger partial charge in [0, 0.05) is 22.0 Å². The third kappa shape index (κ3) is 2.34. The number of nitrogen functional groups attached to an aromatic ring is 2. The van der Waals surface area contributed by atoms with E-state index in [0.717, 1.165) is 10.6 Å². The Balaban J connectivity index is 2.45. The van der Waals surface area contributed by atoms with Crippen LogP contribution in [0.1, 0.15) is 0 Å². The fraction of sp³-hybridized carbons (Fsp3) is 0.0769. The Morgan fingerprint density at radius 1 is 0.765 bits per heavy atom. The summed E-state index contributed by atoms with van der Waals surface area (Å²) in [6, 6.07) is 14.3. The summed E-state index contributed by atoms with van der Waals surface area (Å²) in [4.78, 5) is 0. The Morgan fingerprint density at radius 2 is 1.06 bits per heavy atom. The fourth-order valence-electron chi connectivity index (χ4n) is 1.67. The molecule has 0 bridgehead atoms. The van der Waals surface area contributed by atoms with Gasteiger partial charge in [-0.2, -0.15) is 0 Å². The molecule has 2 rings (SSSR count). The van der Waals surface area contributed by atoms with Gasteiger partial charge in [0.05, 0.1) is 0 Å². The van der Waals surface area contributed by atoms with Crippen LogP contribution in [-0.4, -0.2) is 6.66 Å². The van der Waals surface area contributed by atoms with Gasteiger partial charge in [-0.25, -0.2) is 0 Å². The number of hydrogen-bond donors (Lipinski definition) is 2. The number of benzene rings is 2. The van der Waals surface area contributed by atoms with Crippen molar-refractivity contribution in [1.82, 2.24) is 0 Å². The molecule has 2 aromatic carbocycles. The van der Waals surface area contributed by atoms with Gasteiger partial charge in [0.1, 0.15) is 7.14 Å². The lowest BCUT2D eigenvalue weighted by Crippen LogP contribution is -2.15. The molecule has 4 heteroatoms. The highest BCUT2D eigenvalue weighted by Crippen LogP contribution is 2.38. The SMILES string of the molecule is CP(=O)(c1ccc(N)cc1)c1ccc(N)cc1. The molecule has 0 atom stereocenters. The maximum absolute atomic E-state index is 12.8. The zero-order valence-corrected chi connectivity index (χ0v) is 10.5. The number of rotatable bonds is 2. The molecule has 0 saturated carbocycles. The van der Waals surface area contributed by atoms with Crippen molar-refractivity contribution in [2.45, 2.75) is 0 Å². The largest absolute Gasteiger partial charge is 0.399 e. The molecule has 0 saturated heterocycles. The van der Waals surface area contributed by atoms with Crippen molar-refractivity contribution < 1.29 is 4.57 Å². The molecule has 17 heavy (non-hydrogen) atoms. The summed E-state index contributed by atoms with van der Waals surface area (Å²) in [5, 5.41) is 1.60. The van der Waals surface area contributed by atoms with Crippen molar-refractivity contribution in [3.05, 3.63) is 48.5 Å². The van der Waals surface area contributed by atoms with Crippen molar-refractivity contribution in [3.63, 3.8) is 0 Å². The fourth-order valence-corrected chi connectivity index (χ4v) is 3.40. The third-order valence-electron chi connectivity index (χ3n) is 2.77. The van der Waals surface area contributed by atoms with E-state index in [1.165, 1.54) is 0 Å². The summed E-state index contributed by atoms with van der Waals surface area (Å²) < 4.78 is 12.8. The number of nitrogens with two attached hydrogens (primary N) is 2. The molecule has 0 aliphatic rings. The molecule has 2 aromatic rings. The lowest BCUT2D eigenvalue weighted by molar-refractivity contribution is 0.590. The van der Waals surface area contributed by atoms with Crippen LogP contribution in [0.3, 0.4) is 0 Å². The summed E-state index contributed by atoms with van der Waals surface area (Å²) >= 11 is 0. The van der Waals surface area contributed by atoms with Crippen LogP contribution in [0, 0.1) is 0 Å². The molecule has 0 radical (unpaired) electrons. The van der Waals surface area contributed by atoms with E-state index in [-0.39, 0.29) is 0 Å². The van der Waals surface area contributed by atoms with Crippen LogP contribution in [-0.2, 0) is 4.57 Å². The highest BCUT2D eigenvalue weighted by Gasteiger charge is 2.20. The molecule has 0 fully saturated rings. The van der Waals surface area contributed by atoms with Gasteiger partial charge < -0.3 is 16.0 Å². The highest BCUT2D eigenvalue weighted by atomic mass is 31.2. The first-order valence-electron chi connectivity index (χ1n) is 5.30. The van der Waals surface area contributed by atoms with Gasteiger partial charge in [-0.3, -0.25) is 0 Å². The molecule has 0 aliphatic carbocycles. The monoisotopic (exact) mass is 246 g/mol. The van der Waals surface area contributed by atoms with Crippen LogP contribution in [0.2, 0.25) is 0 Å². The molecular weight excluding hydrogens is 231 g/mol. The predicted octanol–water partition coefficient (Wildman–Crippen LogP) is 1.79. The van der Waals surface area contributed by atoms with Crippen LogP contribution < -0.4 is 22.1 Å². The van der Waals surface area contributed by atoms with E-state index in [2.05, 4.69) is 0 Å². The van der Waals surface area contributed by atoms with Crippen LogP contribution in [0.15, 0.2) is 48.5 Å². The molecule has 0 unspecified atom stereocenters. The number of hydrogen-bond acceptors (Lipinski definition) is 3. The number of anilines is 2. The zero-order valence-electron chi connectivity index (χ0n) is 9.63. The van der Waals surface area contributed by atoms with E-state index in [1.807, 2.05) is 24.3 Å². The Labute approximate surface area is 101 Å². The molecular formula is C13H15N2OP. The maximum Gasteiger partial charge on any atom is 0.140 e. The highest BCUT2D eigenvalue weighted by molar-refractivity contribution is 7.78. The van der Waals surface area contributed by atoms with Gasteiger partial charge in [0.2, 0.25) is 0 Å². The van der Waals surface area contributed by atoms with Crippen molar-refractivity contribution in [2.24, 2.45) is 0 Å². The lowest BCUT2D eigenvalue weighted by Gasteiger charge is -2.14.